The summed E-state index contributed by atoms with van der Waals surface area (Å²) in [5.74, 6) is 0. The number of nitrogens with zero attached hydrogens (tertiary/aromatic N) is 3. The van der Waals surface area contributed by atoms with Crippen molar-refractivity contribution < 1.29 is 8.85 Å². The van der Waals surface area contributed by atoms with E-state index in [4.69, 9.17) is 14.4 Å². The van der Waals surface area contributed by atoms with Crippen molar-refractivity contribution in [1.29, 1.82) is 0 Å². The number of hydrogen-bond acceptors (Lipinski definition) is 3. The van der Waals surface area contributed by atoms with Gasteiger partial charge >= 0.3 is 8.56 Å². The molecule has 0 aliphatic carbocycles. The largest absolute Gasteiger partial charge is 0.407 e. The zero-order valence-electron chi connectivity index (χ0n) is 15.8. The van der Waals surface area contributed by atoms with E-state index in [9.17, 15) is 0 Å². The van der Waals surface area contributed by atoms with E-state index < -0.39 is 8.56 Å². The number of rotatable bonds is 9. The minimum absolute atomic E-state index is 0.344. The lowest BCUT2D eigenvalue weighted by Crippen LogP contribution is -2.65. The summed E-state index contributed by atoms with van der Waals surface area (Å²) >= 11 is 0. The van der Waals surface area contributed by atoms with E-state index in [0.717, 1.165) is 23.2 Å². The highest BCUT2D eigenvalue weighted by atomic mass is 28.4. The van der Waals surface area contributed by atoms with Gasteiger partial charge in [-0.3, -0.25) is 0 Å². The maximum absolute atomic E-state index is 8.39. The molecule has 26 heavy (non-hydrogen) atoms. The highest BCUT2D eigenvalue weighted by molar-refractivity contribution is 6.92. The van der Waals surface area contributed by atoms with Crippen molar-refractivity contribution in [2.45, 2.75) is 39.2 Å². The van der Waals surface area contributed by atoms with Crippen LogP contribution in [0.4, 0.5) is 0 Å². The first-order valence-corrected chi connectivity index (χ1v) is 10.8. The normalized spacial score (nSPS) is 11.8. The summed E-state index contributed by atoms with van der Waals surface area (Å²) in [5.41, 5.74) is 8.05. The third kappa shape index (κ3) is 5.71. The molecule has 0 amide bonds. The second-order valence-electron chi connectivity index (χ2n) is 7.07. The molecular weight excluding hydrogens is 342 g/mol. The van der Waals surface area contributed by atoms with Crippen molar-refractivity contribution in [2.75, 3.05) is 13.2 Å². The smallest absolute Gasteiger partial charge is 0.388 e. The lowest BCUT2D eigenvalue weighted by molar-refractivity contribution is 0.0772. The fourth-order valence-electron chi connectivity index (χ4n) is 2.77. The molecule has 0 saturated carbocycles. The second-order valence-corrected chi connectivity index (χ2v) is 9.95. The number of hydrogen-bond donors (Lipinski definition) is 0. The maximum atomic E-state index is 8.39. The Morgan fingerprint density at radius 2 is 1.46 bits per heavy atom. The Bertz CT molecular complexity index is 671. The van der Waals surface area contributed by atoms with E-state index in [-0.39, 0.29) is 5.60 Å². The summed E-state index contributed by atoms with van der Waals surface area (Å²) in [4.78, 5) is 2.79. The molecule has 6 heteroatoms. The van der Waals surface area contributed by atoms with Gasteiger partial charge in [0.2, 0.25) is 0 Å². The molecule has 2 aromatic rings. The Morgan fingerprint density at radius 1 is 0.923 bits per heavy atom. The van der Waals surface area contributed by atoms with Gasteiger partial charge in [-0.25, -0.2) is 0 Å². The van der Waals surface area contributed by atoms with E-state index in [0.29, 0.717) is 13.2 Å². The van der Waals surface area contributed by atoms with Gasteiger partial charge in [0.25, 0.3) is 0 Å². The Balaban J connectivity index is 2.35. The summed E-state index contributed by atoms with van der Waals surface area (Å²) < 4.78 is 13.2. The quantitative estimate of drug-likeness (QED) is 0.219. The van der Waals surface area contributed by atoms with E-state index in [2.05, 4.69) is 55.1 Å². The molecule has 0 N–H and O–H groups in total. The molecule has 0 spiro atoms. The van der Waals surface area contributed by atoms with Crippen LogP contribution in [-0.2, 0) is 8.85 Å². The number of benzene rings is 2. The van der Waals surface area contributed by atoms with Gasteiger partial charge in [-0.15, -0.1) is 0 Å². The lowest BCUT2D eigenvalue weighted by Gasteiger charge is -2.37. The Labute approximate surface area is 156 Å². The summed E-state index contributed by atoms with van der Waals surface area (Å²) in [5, 5.41) is 5.77. The predicted octanol–water partition coefficient (Wildman–Crippen LogP) is 4.17. The van der Waals surface area contributed by atoms with Gasteiger partial charge in [-0.2, -0.15) is 0 Å². The fourth-order valence-corrected chi connectivity index (χ4v) is 6.29. The van der Waals surface area contributed by atoms with Crippen molar-refractivity contribution in [3.05, 3.63) is 71.1 Å². The molecule has 0 unspecified atom stereocenters. The minimum Gasteiger partial charge on any atom is -0.388 e. The van der Waals surface area contributed by atoms with Crippen LogP contribution in [0, 0.1) is 0 Å². The molecule has 0 fully saturated rings. The van der Waals surface area contributed by atoms with Crippen LogP contribution < -0.4 is 10.4 Å². The highest BCUT2D eigenvalue weighted by Gasteiger charge is 2.45. The first-order valence-electron chi connectivity index (χ1n) is 8.94. The van der Waals surface area contributed by atoms with Crippen molar-refractivity contribution >= 4 is 18.9 Å². The van der Waals surface area contributed by atoms with E-state index in [1.807, 2.05) is 36.4 Å². The molecule has 0 aliphatic heterocycles. The standard InChI is InChI=1S/C20H27N3O2Si/c1-20(2,3)25-26(18-12-6-4-7-13-18,19-14-8-5-9-15-19)24-17-11-10-16-22-23-21/h4-9,12-15H,10-11,16-17H2,1-3H3. The van der Waals surface area contributed by atoms with Crippen LogP contribution in [0.3, 0.4) is 0 Å². The molecule has 5 nitrogen and oxygen atoms in total. The monoisotopic (exact) mass is 369 g/mol. The Morgan fingerprint density at radius 3 is 1.92 bits per heavy atom. The van der Waals surface area contributed by atoms with Gasteiger partial charge in [-0.1, -0.05) is 65.8 Å². The van der Waals surface area contributed by atoms with Crippen molar-refractivity contribution in [3.8, 4) is 0 Å². The summed E-state index contributed by atoms with van der Waals surface area (Å²) in [7, 11) is -2.86. The molecule has 0 bridgehead atoms. The van der Waals surface area contributed by atoms with Crippen LogP contribution in [0.1, 0.15) is 33.6 Å². The molecule has 0 aromatic heterocycles. The van der Waals surface area contributed by atoms with Gasteiger partial charge < -0.3 is 8.85 Å². The van der Waals surface area contributed by atoms with Crippen molar-refractivity contribution in [3.63, 3.8) is 0 Å². The second kappa shape index (κ2) is 9.55. The van der Waals surface area contributed by atoms with Gasteiger partial charge in [0.05, 0.1) is 5.60 Å². The van der Waals surface area contributed by atoms with Gasteiger partial charge in [0, 0.05) is 18.1 Å². The van der Waals surface area contributed by atoms with Gasteiger partial charge in [-0.05, 0) is 49.5 Å². The molecule has 0 saturated heterocycles. The van der Waals surface area contributed by atoms with Crippen LogP contribution in [0.15, 0.2) is 65.8 Å². The van der Waals surface area contributed by atoms with Crippen molar-refractivity contribution in [1.82, 2.24) is 0 Å². The fraction of sp³-hybridized carbons (Fsp3) is 0.400. The Kier molecular flexibility index (Phi) is 7.42. The first-order chi connectivity index (χ1) is 12.5. The van der Waals surface area contributed by atoms with Crippen molar-refractivity contribution in [2.24, 2.45) is 5.11 Å². The molecule has 0 atom stereocenters. The molecule has 2 aromatic carbocycles. The molecule has 0 heterocycles. The van der Waals surface area contributed by atoms with Gasteiger partial charge in [0.15, 0.2) is 0 Å². The zero-order chi connectivity index (χ0) is 18.9. The van der Waals surface area contributed by atoms with E-state index >= 15 is 0 Å². The third-order valence-electron chi connectivity index (χ3n) is 3.78. The summed E-state index contributed by atoms with van der Waals surface area (Å²) in [6.07, 6.45) is 1.62. The SMILES string of the molecule is CC(C)(C)O[Si](OCCCCN=[N+]=[N-])(c1ccccc1)c1ccccc1. The molecular formula is C20H27N3O2Si. The highest BCUT2D eigenvalue weighted by Crippen LogP contribution is 2.19. The zero-order valence-corrected chi connectivity index (χ0v) is 16.8. The molecule has 2 rings (SSSR count). The Hall–Kier alpha value is -2.11. The lowest BCUT2D eigenvalue weighted by atomic mass is 10.2. The maximum Gasteiger partial charge on any atom is 0.407 e. The molecule has 0 radical (unpaired) electrons. The van der Waals surface area contributed by atoms with Crippen LogP contribution in [0.5, 0.6) is 0 Å². The van der Waals surface area contributed by atoms with E-state index in [1.54, 1.807) is 0 Å². The average Bonchev–Trinajstić information content (AvgIpc) is 2.64. The first kappa shape index (κ1) is 20.2. The summed E-state index contributed by atoms with van der Waals surface area (Å²) in [6.45, 7) is 7.24. The predicted molar refractivity (Wildman–Crippen MR) is 108 cm³/mol. The number of unbranched alkanes of at least 4 members (excludes halogenated alkanes) is 1. The topological polar surface area (TPSA) is 67.2 Å². The summed E-state index contributed by atoms with van der Waals surface area (Å²) in [6, 6.07) is 20.5. The van der Waals surface area contributed by atoms with Gasteiger partial charge in [0.1, 0.15) is 0 Å². The van der Waals surface area contributed by atoms with E-state index in [1.165, 1.54) is 0 Å². The van der Waals surface area contributed by atoms with Crippen LogP contribution in [-0.4, -0.2) is 27.3 Å². The molecule has 138 valence electrons. The average molecular weight is 370 g/mol. The van der Waals surface area contributed by atoms with Crippen LogP contribution in [0.2, 0.25) is 0 Å². The number of azide groups is 1. The molecule has 0 aliphatic rings. The van der Waals surface area contributed by atoms with Crippen LogP contribution >= 0.6 is 0 Å². The minimum atomic E-state index is -2.86. The third-order valence-corrected chi connectivity index (χ3v) is 7.48. The van der Waals surface area contributed by atoms with Crippen LogP contribution in [0.25, 0.3) is 10.4 Å².